The first kappa shape index (κ1) is 22.3. The summed E-state index contributed by atoms with van der Waals surface area (Å²) < 4.78 is 24.7. The van der Waals surface area contributed by atoms with Gasteiger partial charge < -0.3 is 18.9 Å². The van der Waals surface area contributed by atoms with Crippen LogP contribution < -0.4 is 0 Å². The molecule has 25 heavy (non-hydrogen) atoms. The summed E-state index contributed by atoms with van der Waals surface area (Å²) in [5.41, 5.74) is -1.30. The third kappa shape index (κ3) is 7.55. The molecule has 0 saturated carbocycles. The van der Waals surface area contributed by atoms with Crippen molar-refractivity contribution < 1.29 is 23.7 Å². The van der Waals surface area contributed by atoms with Gasteiger partial charge in [-0.25, -0.2) is 4.79 Å². The molecule has 0 aliphatic carbocycles. The Kier molecular flexibility index (Phi) is 6.99. The molecule has 1 fully saturated rings. The maximum atomic E-state index is 11.0. The summed E-state index contributed by atoms with van der Waals surface area (Å²) in [5, 5.41) is 0. The molecule has 6 heteroatoms. The lowest BCUT2D eigenvalue weighted by molar-refractivity contribution is -0.329. The third-order valence-electron chi connectivity index (χ3n) is 3.41. The van der Waals surface area contributed by atoms with Crippen LogP contribution in [0.5, 0.6) is 0 Å². The van der Waals surface area contributed by atoms with Crippen molar-refractivity contribution in [1.82, 2.24) is 0 Å². The summed E-state index contributed by atoms with van der Waals surface area (Å²) in [4.78, 5) is 14.9. The number of isocyanates is 1. The summed E-state index contributed by atoms with van der Waals surface area (Å²) in [6.45, 7) is 19.5. The molecule has 0 aromatic carbocycles. The smallest absolute Gasteiger partial charge is 0.235 e. The average molecular weight is 357 g/mol. The summed E-state index contributed by atoms with van der Waals surface area (Å²) >= 11 is 0. The highest BCUT2D eigenvalue weighted by Gasteiger charge is 2.50. The van der Waals surface area contributed by atoms with Crippen molar-refractivity contribution in [3.63, 3.8) is 0 Å². The van der Waals surface area contributed by atoms with E-state index in [0.717, 1.165) is 0 Å². The van der Waals surface area contributed by atoms with Gasteiger partial charge in [0.2, 0.25) is 6.08 Å². The fourth-order valence-electron chi connectivity index (χ4n) is 2.74. The lowest BCUT2D eigenvalue weighted by atomic mass is 9.95. The van der Waals surface area contributed by atoms with E-state index < -0.39 is 41.3 Å². The molecule has 1 aliphatic heterocycles. The molecular formula is C19H35NO5. The van der Waals surface area contributed by atoms with Crippen LogP contribution in [-0.4, -0.2) is 53.5 Å². The Balaban J connectivity index is 3.29. The molecule has 0 amide bonds. The van der Waals surface area contributed by atoms with Crippen LogP contribution in [0.3, 0.4) is 0 Å². The van der Waals surface area contributed by atoms with E-state index in [2.05, 4.69) is 4.99 Å². The highest BCUT2D eigenvalue weighted by Crippen LogP contribution is 2.34. The summed E-state index contributed by atoms with van der Waals surface area (Å²) in [5.74, 6) is 0. The van der Waals surface area contributed by atoms with Crippen molar-refractivity contribution in [3.05, 3.63) is 0 Å². The van der Waals surface area contributed by atoms with Crippen molar-refractivity contribution in [3.8, 4) is 0 Å². The molecular weight excluding hydrogens is 322 g/mol. The summed E-state index contributed by atoms with van der Waals surface area (Å²) in [6.07, 6.45) is -0.357. The zero-order chi connectivity index (χ0) is 19.6. The van der Waals surface area contributed by atoms with E-state index in [1.54, 1.807) is 6.08 Å². The van der Waals surface area contributed by atoms with E-state index in [1.165, 1.54) is 0 Å². The molecule has 1 aliphatic rings. The summed E-state index contributed by atoms with van der Waals surface area (Å²) in [6, 6.07) is -0.510. The van der Waals surface area contributed by atoms with Crippen LogP contribution in [0, 0.1) is 0 Å². The normalized spacial score (nSPS) is 31.5. The zero-order valence-corrected chi connectivity index (χ0v) is 17.4. The van der Waals surface area contributed by atoms with Crippen LogP contribution in [0.1, 0.15) is 69.2 Å². The van der Waals surface area contributed by atoms with Crippen LogP contribution in [0.4, 0.5) is 0 Å². The molecule has 0 aromatic rings. The number of aliphatic imine (C=N–C) groups is 1. The number of hydrogen-bond donors (Lipinski definition) is 0. The molecule has 5 atom stereocenters. The Morgan fingerprint density at radius 3 is 1.64 bits per heavy atom. The molecule has 0 radical (unpaired) electrons. The van der Waals surface area contributed by atoms with E-state index in [4.69, 9.17) is 18.9 Å². The minimum atomic E-state index is -0.625. The predicted molar refractivity (Wildman–Crippen MR) is 96.3 cm³/mol. The van der Waals surface area contributed by atoms with Gasteiger partial charge in [0.05, 0.1) is 22.9 Å². The van der Waals surface area contributed by atoms with Crippen LogP contribution in [-0.2, 0) is 23.7 Å². The maximum Gasteiger partial charge on any atom is 0.235 e. The number of nitrogens with zero attached hydrogens (tertiary/aromatic N) is 1. The van der Waals surface area contributed by atoms with Crippen LogP contribution >= 0.6 is 0 Å². The highest BCUT2D eigenvalue weighted by molar-refractivity contribution is 5.34. The van der Waals surface area contributed by atoms with Gasteiger partial charge in [0, 0.05) is 0 Å². The second-order valence-electron chi connectivity index (χ2n) is 9.54. The quantitative estimate of drug-likeness (QED) is 0.568. The van der Waals surface area contributed by atoms with Crippen molar-refractivity contribution in [2.75, 3.05) is 0 Å². The molecule has 1 rings (SSSR count). The SMILES string of the molecule is CC1OC(OC(C)(C)C)C(OC(C)(C)C)C(OC(C)(C)C)C1N=C=O. The molecule has 0 spiro atoms. The maximum absolute atomic E-state index is 11.0. The van der Waals surface area contributed by atoms with E-state index in [-0.39, 0.29) is 6.10 Å². The van der Waals surface area contributed by atoms with Crippen LogP contribution in [0.25, 0.3) is 0 Å². The van der Waals surface area contributed by atoms with Crippen LogP contribution in [0.2, 0.25) is 0 Å². The Morgan fingerprint density at radius 1 is 0.800 bits per heavy atom. The molecule has 1 heterocycles. The number of carbonyl (C=O) groups excluding carboxylic acids is 1. The standard InChI is InChI=1S/C19H35NO5/c1-12-13(20-11-21)14(23-17(2,3)4)15(24-18(5,6)7)16(22-12)25-19(8,9)10/h12-16H,1-10H3. The summed E-state index contributed by atoms with van der Waals surface area (Å²) in [7, 11) is 0. The van der Waals surface area contributed by atoms with E-state index in [0.29, 0.717) is 0 Å². The van der Waals surface area contributed by atoms with Crippen molar-refractivity contribution in [2.45, 2.75) is 117 Å². The van der Waals surface area contributed by atoms with Gasteiger partial charge in [0.15, 0.2) is 6.29 Å². The largest absolute Gasteiger partial charge is 0.367 e. The Morgan fingerprint density at radius 2 is 1.24 bits per heavy atom. The molecule has 1 saturated heterocycles. The lowest BCUT2D eigenvalue weighted by Crippen LogP contribution is -2.62. The van der Waals surface area contributed by atoms with E-state index in [9.17, 15) is 4.79 Å². The fraction of sp³-hybridized carbons (Fsp3) is 0.947. The predicted octanol–water partition coefficient (Wildman–Crippen LogP) is 3.62. The fourth-order valence-corrected chi connectivity index (χ4v) is 2.74. The van der Waals surface area contributed by atoms with Gasteiger partial charge in [0.25, 0.3) is 0 Å². The Bertz CT molecular complexity index is 480. The topological polar surface area (TPSA) is 66.3 Å². The average Bonchev–Trinajstić information content (AvgIpc) is 2.34. The Hall–Kier alpha value is -0.780. The third-order valence-corrected chi connectivity index (χ3v) is 3.41. The number of ether oxygens (including phenoxy) is 4. The minimum Gasteiger partial charge on any atom is -0.367 e. The molecule has 0 N–H and O–H groups in total. The monoisotopic (exact) mass is 357 g/mol. The van der Waals surface area contributed by atoms with E-state index in [1.807, 2.05) is 69.2 Å². The second kappa shape index (κ2) is 7.85. The van der Waals surface area contributed by atoms with Gasteiger partial charge in [-0.15, -0.1) is 0 Å². The first-order valence-corrected chi connectivity index (χ1v) is 8.89. The van der Waals surface area contributed by atoms with Gasteiger partial charge in [-0.3, -0.25) is 0 Å². The second-order valence-corrected chi connectivity index (χ2v) is 9.54. The number of hydrogen-bond acceptors (Lipinski definition) is 6. The minimum absolute atomic E-state index is 0.360. The van der Waals surface area contributed by atoms with Crippen molar-refractivity contribution in [2.24, 2.45) is 4.99 Å². The first-order chi connectivity index (χ1) is 11.1. The highest BCUT2D eigenvalue weighted by atomic mass is 16.7. The van der Waals surface area contributed by atoms with Crippen molar-refractivity contribution in [1.29, 1.82) is 0 Å². The molecule has 0 aromatic heterocycles. The molecule has 0 bridgehead atoms. The number of rotatable bonds is 4. The Labute approximate surface area is 152 Å². The van der Waals surface area contributed by atoms with Crippen LogP contribution in [0.15, 0.2) is 4.99 Å². The van der Waals surface area contributed by atoms with Crippen molar-refractivity contribution >= 4 is 6.08 Å². The zero-order valence-electron chi connectivity index (χ0n) is 17.4. The van der Waals surface area contributed by atoms with Gasteiger partial charge in [-0.05, 0) is 69.2 Å². The van der Waals surface area contributed by atoms with Gasteiger partial charge >= 0.3 is 0 Å². The molecule has 146 valence electrons. The first-order valence-electron chi connectivity index (χ1n) is 8.89. The lowest BCUT2D eigenvalue weighted by Gasteiger charge is -2.48. The van der Waals surface area contributed by atoms with Gasteiger partial charge in [-0.1, -0.05) is 0 Å². The molecule has 6 nitrogen and oxygen atoms in total. The van der Waals surface area contributed by atoms with Gasteiger partial charge in [-0.2, -0.15) is 4.99 Å². The van der Waals surface area contributed by atoms with E-state index >= 15 is 0 Å². The van der Waals surface area contributed by atoms with Gasteiger partial charge in [0.1, 0.15) is 18.2 Å². The molecule has 5 unspecified atom stereocenters.